The van der Waals surface area contributed by atoms with Crippen LogP contribution in [0.25, 0.3) is 16.6 Å². The summed E-state index contributed by atoms with van der Waals surface area (Å²) in [7, 11) is 1.63. The lowest BCUT2D eigenvalue weighted by Crippen LogP contribution is -1.99. The lowest BCUT2D eigenvalue weighted by Gasteiger charge is -2.08. The number of hydrogen-bond donors (Lipinski definition) is 1. The van der Waals surface area contributed by atoms with E-state index in [9.17, 15) is 5.26 Å². The minimum atomic E-state index is 0.509. The molecule has 4 heteroatoms. The summed E-state index contributed by atoms with van der Waals surface area (Å²) in [5.41, 5.74) is 9.21. The van der Waals surface area contributed by atoms with Crippen LogP contribution in [-0.4, -0.2) is 11.7 Å². The molecular formula is C17H15N3O. The molecule has 1 heterocycles. The standard InChI is InChI=1S/C17H15N3O/c1-21-16-6-7-17-13(9-16)8-15(11-19)20(17)14-4-2-12(10-18)3-5-14/h2-9H,10,18H2,1H3. The maximum absolute atomic E-state index is 9.39. The third-order valence-electron chi connectivity index (χ3n) is 3.55. The van der Waals surface area contributed by atoms with Crippen LogP contribution >= 0.6 is 0 Å². The summed E-state index contributed by atoms with van der Waals surface area (Å²) in [5.74, 6) is 0.780. The molecular weight excluding hydrogens is 262 g/mol. The smallest absolute Gasteiger partial charge is 0.125 e. The number of ether oxygens (including phenoxy) is 1. The van der Waals surface area contributed by atoms with Gasteiger partial charge in [0.15, 0.2) is 0 Å². The van der Waals surface area contributed by atoms with Crippen LogP contribution in [0.4, 0.5) is 0 Å². The van der Waals surface area contributed by atoms with Gasteiger partial charge < -0.3 is 15.0 Å². The van der Waals surface area contributed by atoms with E-state index in [1.165, 1.54) is 0 Å². The van der Waals surface area contributed by atoms with Crippen LogP contribution in [0.15, 0.2) is 48.5 Å². The Bertz CT molecular complexity index is 826. The van der Waals surface area contributed by atoms with E-state index in [1.54, 1.807) is 7.11 Å². The van der Waals surface area contributed by atoms with Crippen LogP contribution in [0.2, 0.25) is 0 Å². The molecule has 3 aromatic rings. The second-order valence-electron chi connectivity index (χ2n) is 4.77. The summed E-state index contributed by atoms with van der Waals surface area (Å²) in [6.45, 7) is 0.509. The number of nitriles is 1. The van der Waals surface area contributed by atoms with Gasteiger partial charge in [0.2, 0.25) is 0 Å². The van der Waals surface area contributed by atoms with Crippen LogP contribution in [0.5, 0.6) is 5.75 Å². The molecule has 0 aliphatic heterocycles. The Morgan fingerprint density at radius 1 is 1.14 bits per heavy atom. The number of methoxy groups -OCH3 is 1. The number of nitrogens with two attached hydrogens (primary N) is 1. The van der Waals surface area contributed by atoms with Gasteiger partial charge in [0.25, 0.3) is 0 Å². The number of rotatable bonds is 3. The molecule has 0 saturated heterocycles. The van der Waals surface area contributed by atoms with Gasteiger partial charge in [-0.1, -0.05) is 12.1 Å². The van der Waals surface area contributed by atoms with Crippen molar-refractivity contribution in [2.75, 3.05) is 7.11 Å². The monoisotopic (exact) mass is 277 g/mol. The molecule has 2 aromatic carbocycles. The predicted octanol–water partition coefficient (Wildman–Crippen LogP) is 2.97. The van der Waals surface area contributed by atoms with E-state index in [4.69, 9.17) is 10.5 Å². The predicted molar refractivity (Wildman–Crippen MR) is 82.4 cm³/mol. The largest absolute Gasteiger partial charge is 0.497 e. The first-order valence-electron chi connectivity index (χ1n) is 6.66. The summed E-state index contributed by atoms with van der Waals surface area (Å²) in [4.78, 5) is 0. The molecule has 21 heavy (non-hydrogen) atoms. The maximum atomic E-state index is 9.39. The number of fused-ring (bicyclic) bond motifs is 1. The van der Waals surface area contributed by atoms with Gasteiger partial charge in [-0.25, -0.2) is 0 Å². The number of nitrogens with zero attached hydrogens (tertiary/aromatic N) is 2. The Balaban J connectivity index is 2.22. The third-order valence-corrected chi connectivity index (χ3v) is 3.55. The molecule has 0 atom stereocenters. The average Bonchev–Trinajstić information content (AvgIpc) is 2.92. The van der Waals surface area contributed by atoms with E-state index in [-0.39, 0.29) is 0 Å². The van der Waals surface area contributed by atoms with Gasteiger partial charge in [0.05, 0.1) is 12.6 Å². The van der Waals surface area contributed by atoms with Gasteiger partial charge in [0.1, 0.15) is 17.5 Å². The van der Waals surface area contributed by atoms with E-state index in [1.807, 2.05) is 53.1 Å². The Kier molecular flexibility index (Phi) is 3.35. The number of aromatic nitrogens is 1. The summed E-state index contributed by atoms with van der Waals surface area (Å²) in [6.07, 6.45) is 0. The minimum absolute atomic E-state index is 0.509. The zero-order chi connectivity index (χ0) is 14.8. The van der Waals surface area contributed by atoms with Crippen LogP contribution in [0, 0.1) is 11.3 Å². The summed E-state index contributed by atoms with van der Waals surface area (Å²) in [6, 6.07) is 17.8. The molecule has 0 aliphatic rings. The van der Waals surface area contributed by atoms with Crippen LogP contribution < -0.4 is 10.5 Å². The second kappa shape index (κ2) is 5.31. The van der Waals surface area contributed by atoms with Crippen molar-refractivity contribution >= 4 is 10.9 Å². The molecule has 4 nitrogen and oxygen atoms in total. The Morgan fingerprint density at radius 3 is 2.52 bits per heavy atom. The highest BCUT2D eigenvalue weighted by Crippen LogP contribution is 2.27. The van der Waals surface area contributed by atoms with Crippen LogP contribution in [-0.2, 0) is 6.54 Å². The van der Waals surface area contributed by atoms with Crippen molar-refractivity contribution in [3.63, 3.8) is 0 Å². The highest BCUT2D eigenvalue weighted by molar-refractivity contribution is 5.85. The molecule has 0 fully saturated rings. The summed E-state index contributed by atoms with van der Waals surface area (Å²) < 4.78 is 7.17. The molecule has 0 unspecified atom stereocenters. The molecule has 104 valence electrons. The SMILES string of the molecule is COc1ccc2c(c1)cc(C#N)n2-c1ccc(CN)cc1. The van der Waals surface area contributed by atoms with E-state index >= 15 is 0 Å². The Hall–Kier alpha value is -2.77. The highest BCUT2D eigenvalue weighted by Gasteiger charge is 2.11. The molecule has 0 amide bonds. The fourth-order valence-corrected chi connectivity index (χ4v) is 2.46. The fraction of sp³-hybridized carbons (Fsp3) is 0.118. The van der Waals surface area contributed by atoms with Gasteiger partial charge in [-0.15, -0.1) is 0 Å². The minimum Gasteiger partial charge on any atom is -0.497 e. The zero-order valence-electron chi connectivity index (χ0n) is 11.7. The normalized spacial score (nSPS) is 10.5. The first kappa shape index (κ1) is 13.2. The molecule has 0 aliphatic carbocycles. The van der Waals surface area contributed by atoms with Gasteiger partial charge in [-0.05, 0) is 42.0 Å². The zero-order valence-corrected chi connectivity index (χ0v) is 11.7. The molecule has 0 radical (unpaired) electrons. The number of hydrogen-bond acceptors (Lipinski definition) is 3. The second-order valence-corrected chi connectivity index (χ2v) is 4.77. The quantitative estimate of drug-likeness (QED) is 0.800. The van der Waals surface area contributed by atoms with Crippen molar-refractivity contribution in [2.45, 2.75) is 6.54 Å². The topological polar surface area (TPSA) is 64.0 Å². The first-order valence-corrected chi connectivity index (χ1v) is 6.66. The van der Waals surface area contributed by atoms with Gasteiger partial charge in [-0.3, -0.25) is 0 Å². The summed E-state index contributed by atoms with van der Waals surface area (Å²) >= 11 is 0. The highest BCUT2D eigenvalue weighted by atomic mass is 16.5. The van der Waals surface area contributed by atoms with Crippen molar-refractivity contribution in [2.24, 2.45) is 5.73 Å². The molecule has 0 bridgehead atoms. The molecule has 3 rings (SSSR count). The van der Waals surface area contributed by atoms with E-state index in [2.05, 4.69) is 6.07 Å². The van der Waals surface area contributed by atoms with Gasteiger partial charge in [0, 0.05) is 17.6 Å². The van der Waals surface area contributed by atoms with Crippen molar-refractivity contribution < 1.29 is 4.74 Å². The Morgan fingerprint density at radius 2 is 1.90 bits per heavy atom. The maximum Gasteiger partial charge on any atom is 0.125 e. The molecule has 0 saturated carbocycles. The van der Waals surface area contributed by atoms with Gasteiger partial charge in [-0.2, -0.15) is 5.26 Å². The molecule has 2 N–H and O–H groups in total. The molecule has 0 spiro atoms. The van der Waals surface area contributed by atoms with Crippen LogP contribution in [0.1, 0.15) is 11.3 Å². The van der Waals surface area contributed by atoms with Crippen molar-refractivity contribution in [3.05, 3.63) is 59.8 Å². The van der Waals surface area contributed by atoms with E-state index in [0.29, 0.717) is 12.2 Å². The summed E-state index contributed by atoms with van der Waals surface area (Å²) in [5, 5.41) is 10.4. The Labute approximate surface area is 123 Å². The van der Waals surface area contributed by atoms with Gasteiger partial charge >= 0.3 is 0 Å². The lowest BCUT2D eigenvalue weighted by molar-refractivity contribution is 0.415. The lowest BCUT2D eigenvalue weighted by atomic mass is 10.2. The van der Waals surface area contributed by atoms with Crippen molar-refractivity contribution in [1.29, 1.82) is 5.26 Å². The van der Waals surface area contributed by atoms with Crippen LogP contribution in [0.3, 0.4) is 0 Å². The number of benzene rings is 2. The van der Waals surface area contributed by atoms with Crippen molar-refractivity contribution in [1.82, 2.24) is 4.57 Å². The molecule has 1 aromatic heterocycles. The third kappa shape index (κ3) is 2.24. The first-order chi connectivity index (χ1) is 10.3. The van der Waals surface area contributed by atoms with E-state index < -0.39 is 0 Å². The van der Waals surface area contributed by atoms with E-state index in [0.717, 1.165) is 27.9 Å². The fourth-order valence-electron chi connectivity index (χ4n) is 2.46. The van der Waals surface area contributed by atoms with Crippen molar-refractivity contribution in [3.8, 4) is 17.5 Å². The average molecular weight is 277 g/mol.